The van der Waals surface area contributed by atoms with E-state index in [-0.39, 0.29) is 26.1 Å². The number of carbonyl (C=O) groups excluding carboxylic acids is 2. The van der Waals surface area contributed by atoms with Gasteiger partial charge in [0.25, 0.3) is 0 Å². The SMILES string of the molecule is CC(O)COC(=O)CCCC(=O)OCC(C)O. The third kappa shape index (κ3) is 11.1. The maximum atomic E-state index is 11.1. The average Bonchev–Trinajstić information content (AvgIpc) is 2.23. The van der Waals surface area contributed by atoms with E-state index in [2.05, 4.69) is 0 Å². The van der Waals surface area contributed by atoms with Gasteiger partial charge in [-0.15, -0.1) is 0 Å². The molecule has 0 aliphatic carbocycles. The van der Waals surface area contributed by atoms with E-state index in [1.807, 2.05) is 0 Å². The van der Waals surface area contributed by atoms with Crippen molar-refractivity contribution in [2.45, 2.75) is 45.3 Å². The van der Waals surface area contributed by atoms with Crippen molar-refractivity contribution in [1.29, 1.82) is 0 Å². The quantitative estimate of drug-likeness (QED) is 0.587. The van der Waals surface area contributed by atoms with Gasteiger partial charge in [0.15, 0.2) is 0 Å². The number of hydrogen-bond acceptors (Lipinski definition) is 6. The first kappa shape index (κ1) is 15.9. The third-order valence-electron chi connectivity index (χ3n) is 1.73. The Kier molecular flexibility index (Phi) is 8.35. The van der Waals surface area contributed by atoms with Gasteiger partial charge in [-0.1, -0.05) is 0 Å². The second kappa shape index (κ2) is 8.95. The van der Waals surface area contributed by atoms with E-state index in [4.69, 9.17) is 19.7 Å². The lowest BCUT2D eigenvalue weighted by Gasteiger charge is -2.07. The van der Waals surface area contributed by atoms with E-state index in [0.29, 0.717) is 6.42 Å². The maximum Gasteiger partial charge on any atom is 0.305 e. The molecule has 0 fully saturated rings. The lowest BCUT2D eigenvalue weighted by atomic mass is 10.2. The zero-order valence-electron chi connectivity index (χ0n) is 10.2. The maximum absolute atomic E-state index is 11.1. The number of ether oxygens (including phenoxy) is 2. The van der Waals surface area contributed by atoms with Crippen LogP contribution in [0, 0.1) is 0 Å². The molecule has 0 aromatic carbocycles. The summed E-state index contributed by atoms with van der Waals surface area (Å²) in [7, 11) is 0. The normalized spacial score (nSPS) is 13.9. The Morgan fingerprint density at radius 3 is 1.59 bits per heavy atom. The van der Waals surface area contributed by atoms with Crippen LogP contribution in [-0.4, -0.2) is 47.6 Å². The van der Waals surface area contributed by atoms with Crippen LogP contribution in [0.25, 0.3) is 0 Å². The first-order valence-corrected chi connectivity index (χ1v) is 5.59. The van der Waals surface area contributed by atoms with Crippen molar-refractivity contribution >= 4 is 11.9 Å². The van der Waals surface area contributed by atoms with Crippen LogP contribution in [-0.2, 0) is 19.1 Å². The van der Waals surface area contributed by atoms with Crippen LogP contribution < -0.4 is 0 Å². The fourth-order valence-electron chi connectivity index (χ4n) is 0.948. The Labute approximate surface area is 101 Å². The van der Waals surface area contributed by atoms with Gasteiger partial charge in [-0.05, 0) is 20.3 Å². The van der Waals surface area contributed by atoms with E-state index in [0.717, 1.165) is 0 Å². The molecule has 0 saturated carbocycles. The molecule has 2 N–H and O–H groups in total. The van der Waals surface area contributed by atoms with Crippen molar-refractivity contribution in [2.24, 2.45) is 0 Å². The summed E-state index contributed by atoms with van der Waals surface area (Å²) < 4.78 is 9.40. The van der Waals surface area contributed by atoms with Crippen molar-refractivity contribution in [1.82, 2.24) is 0 Å². The molecule has 6 heteroatoms. The van der Waals surface area contributed by atoms with Crippen molar-refractivity contribution in [3.8, 4) is 0 Å². The van der Waals surface area contributed by atoms with Crippen molar-refractivity contribution in [2.75, 3.05) is 13.2 Å². The Bertz CT molecular complexity index is 212. The smallest absolute Gasteiger partial charge is 0.305 e. The minimum absolute atomic E-state index is 0.0364. The standard InChI is InChI=1S/C11H20O6/c1-8(12)6-16-10(14)4-3-5-11(15)17-7-9(2)13/h8-9,12-13H,3-7H2,1-2H3. The number of aliphatic hydroxyl groups excluding tert-OH is 2. The molecule has 0 aromatic rings. The zero-order chi connectivity index (χ0) is 13.3. The fraction of sp³-hybridized carbons (Fsp3) is 0.818. The molecule has 17 heavy (non-hydrogen) atoms. The van der Waals surface area contributed by atoms with Crippen LogP contribution in [0.2, 0.25) is 0 Å². The summed E-state index contributed by atoms with van der Waals surface area (Å²) in [6.45, 7) is 2.96. The highest BCUT2D eigenvalue weighted by Crippen LogP contribution is 2.01. The highest BCUT2D eigenvalue weighted by molar-refractivity contribution is 5.72. The molecule has 0 aromatic heterocycles. The molecular formula is C11H20O6. The van der Waals surface area contributed by atoms with Crippen LogP contribution in [0.1, 0.15) is 33.1 Å². The van der Waals surface area contributed by atoms with Gasteiger partial charge in [-0.2, -0.15) is 0 Å². The molecular weight excluding hydrogens is 228 g/mol. The molecule has 0 aliphatic rings. The molecule has 0 spiro atoms. The summed E-state index contributed by atoms with van der Waals surface area (Å²) in [6, 6.07) is 0. The molecule has 2 atom stereocenters. The highest BCUT2D eigenvalue weighted by atomic mass is 16.5. The molecule has 0 amide bonds. The monoisotopic (exact) mass is 248 g/mol. The minimum atomic E-state index is -0.685. The molecule has 0 bridgehead atoms. The second-order valence-corrected chi connectivity index (χ2v) is 3.92. The van der Waals surface area contributed by atoms with Gasteiger partial charge in [0.2, 0.25) is 0 Å². The number of aliphatic hydroxyl groups is 2. The topological polar surface area (TPSA) is 93.1 Å². The van der Waals surface area contributed by atoms with Crippen molar-refractivity contribution < 1.29 is 29.3 Å². The summed E-state index contributed by atoms with van der Waals surface area (Å²) in [6.07, 6.45) is -0.825. The van der Waals surface area contributed by atoms with Crippen LogP contribution in [0.3, 0.4) is 0 Å². The van der Waals surface area contributed by atoms with Gasteiger partial charge >= 0.3 is 11.9 Å². The van der Waals surface area contributed by atoms with Crippen LogP contribution in [0.4, 0.5) is 0 Å². The predicted molar refractivity (Wildman–Crippen MR) is 59.1 cm³/mol. The largest absolute Gasteiger partial charge is 0.463 e. The molecule has 0 saturated heterocycles. The number of rotatable bonds is 8. The Morgan fingerprint density at radius 1 is 0.941 bits per heavy atom. The molecule has 0 aliphatic heterocycles. The van der Waals surface area contributed by atoms with Gasteiger partial charge in [0.1, 0.15) is 13.2 Å². The van der Waals surface area contributed by atoms with Gasteiger partial charge in [-0.25, -0.2) is 0 Å². The summed E-state index contributed by atoms with van der Waals surface area (Å²) in [4.78, 5) is 22.1. The third-order valence-corrected chi connectivity index (χ3v) is 1.73. The number of hydrogen-bond donors (Lipinski definition) is 2. The van der Waals surface area contributed by atoms with E-state index in [1.54, 1.807) is 0 Å². The molecule has 100 valence electrons. The van der Waals surface area contributed by atoms with Gasteiger partial charge in [-0.3, -0.25) is 9.59 Å². The Hall–Kier alpha value is -1.14. The van der Waals surface area contributed by atoms with Crippen molar-refractivity contribution in [3.63, 3.8) is 0 Å². The zero-order valence-corrected chi connectivity index (χ0v) is 10.2. The van der Waals surface area contributed by atoms with E-state index < -0.39 is 24.1 Å². The minimum Gasteiger partial charge on any atom is -0.463 e. The van der Waals surface area contributed by atoms with E-state index in [1.165, 1.54) is 13.8 Å². The fourth-order valence-corrected chi connectivity index (χ4v) is 0.948. The lowest BCUT2D eigenvalue weighted by molar-refractivity contribution is -0.148. The van der Waals surface area contributed by atoms with Gasteiger partial charge < -0.3 is 19.7 Å². The molecule has 0 rings (SSSR count). The predicted octanol–water partition coefficient (Wildman–Crippen LogP) is 0.00470. The van der Waals surface area contributed by atoms with Gasteiger partial charge in [0.05, 0.1) is 12.2 Å². The highest BCUT2D eigenvalue weighted by Gasteiger charge is 2.09. The number of carbonyl (C=O) groups is 2. The Balaban J connectivity index is 3.49. The summed E-state index contributed by atoms with van der Waals surface area (Å²) in [5, 5.41) is 17.7. The molecule has 2 unspecified atom stereocenters. The molecule has 0 radical (unpaired) electrons. The van der Waals surface area contributed by atoms with E-state index >= 15 is 0 Å². The first-order chi connectivity index (χ1) is 7.91. The van der Waals surface area contributed by atoms with Crippen molar-refractivity contribution in [3.05, 3.63) is 0 Å². The Morgan fingerprint density at radius 2 is 1.29 bits per heavy atom. The van der Waals surface area contributed by atoms with E-state index in [9.17, 15) is 9.59 Å². The van der Waals surface area contributed by atoms with Crippen LogP contribution in [0.15, 0.2) is 0 Å². The van der Waals surface area contributed by atoms with Crippen LogP contribution >= 0.6 is 0 Å². The molecule has 6 nitrogen and oxygen atoms in total. The first-order valence-electron chi connectivity index (χ1n) is 5.59. The average molecular weight is 248 g/mol. The summed E-state index contributed by atoms with van der Waals surface area (Å²) in [5.41, 5.74) is 0. The summed E-state index contributed by atoms with van der Waals surface area (Å²) >= 11 is 0. The summed E-state index contributed by atoms with van der Waals surface area (Å²) in [5.74, 6) is -0.900. The number of esters is 2. The van der Waals surface area contributed by atoms with Gasteiger partial charge in [0, 0.05) is 12.8 Å². The lowest BCUT2D eigenvalue weighted by Crippen LogP contribution is -2.17. The van der Waals surface area contributed by atoms with Crippen LogP contribution in [0.5, 0.6) is 0 Å². The molecule has 0 heterocycles. The second-order valence-electron chi connectivity index (χ2n) is 3.92.